The minimum Gasteiger partial charge on any atom is -0.378 e. The van der Waals surface area contributed by atoms with E-state index in [0.29, 0.717) is 6.54 Å². The zero-order valence-electron chi connectivity index (χ0n) is 16.4. The quantitative estimate of drug-likeness (QED) is 0.706. The molecule has 0 aromatic heterocycles. The summed E-state index contributed by atoms with van der Waals surface area (Å²) >= 11 is 1.61. The highest BCUT2D eigenvalue weighted by Crippen LogP contribution is 2.26. The lowest BCUT2D eigenvalue weighted by molar-refractivity contribution is -0.129. The normalized spacial score (nSPS) is 15.4. The third kappa shape index (κ3) is 5.27. The molecule has 0 spiro atoms. The molecule has 2 aromatic rings. The van der Waals surface area contributed by atoms with Gasteiger partial charge in [0.15, 0.2) is 0 Å². The summed E-state index contributed by atoms with van der Waals surface area (Å²) in [5.74, 6) is 0.150. The Kier molecular flexibility index (Phi) is 6.80. The molecule has 1 fully saturated rings. The lowest BCUT2D eigenvalue weighted by atomic mass is 10.1. The Morgan fingerprint density at radius 2 is 1.81 bits per heavy atom. The first-order valence-electron chi connectivity index (χ1n) is 9.43. The number of hydrogen-bond donors (Lipinski definition) is 0. The van der Waals surface area contributed by atoms with Crippen LogP contribution in [-0.4, -0.2) is 49.4 Å². The van der Waals surface area contributed by atoms with E-state index >= 15 is 0 Å². The number of amides is 1. The number of ether oxygens (including phenoxy) is 1. The molecule has 0 bridgehead atoms. The number of benzene rings is 2. The van der Waals surface area contributed by atoms with Crippen LogP contribution in [-0.2, 0) is 16.1 Å². The van der Waals surface area contributed by atoms with E-state index in [4.69, 9.17) is 4.74 Å². The number of carbonyl (C=O) groups is 1. The van der Waals surface area contributed by atoms with Crippen LogP contribution < -0.4 is 4.90 Å². The van der Waals surface area contributed by atoms with Crippen LogP contribution in [0.3, 0.4) is 0 Å². The molecule has 2 aromatic carbocycles. The topological polar surface area (TPSA) is 32.8 Å². The number of aryl methyl sites for hydroxylation is 1. The molecular weight excluding hydrogens is 356 g/mol. The largest absolute Gasteiger partial charge is 0.378 e. The van der Waals surface area contributed by atoms with E-state index in [2.05, 4.69) is 54.3 Å². The lowest BCUT2D eigenvalue weighted by Gasteiger charge is -2.31. The highest BCUT2D eigenvalue weighted by molar-refractivity contribution is 8.00. The van der Waals surface area contributed by atoms with Crippen LogP contribution in [0.4, 0.5) is 5.69 Å². The fourth-order valence-corrected chi connectivity index (χ4v) is 4.25. The van der Waals surface area contributed by atoms with E-state index in [1.165, 1.54) is 16.8 Å². The second-order valence-corrected chi connectivity index (χ2v) is 8.41. The predicted octanol–water partition coefficient (Wildman–Crippen LogP) is 3.97. The molecule has 27 heavy (non-hydrogen) atoms. The third-order valence-electron chi connectivity index (χ3n) is 4.81. The molecule has 0 saturated carbocycles. The van der Waals surface area contributed by atoms with Crippen molar-refractivity contribution in [3.05, 3.63) is 59.7 Å². The number of thioether (sulfide) groups is 1. The highest BCUT2D eigenvalue weighted by Gasteiger charge is 2.21. The van der Waals surface area contributed by atoms with Crippen LogP contribution in [0.5, 0.6) is 0 Å². The first kappa shape index (κ1) is 19.8. The summed E-state index contributed by atoms with van der Waals surface area (Å²) in [6.07, 6.45) is 0. The summed E-state index contributed by atoms with van der Waals surface area (Å²) in [6.45, 7) is 7.98. The van der Waals surface area contributed by atoms with E-state index in [1.54, 1.807) is 11.8 Å². The van der Waals surface area contributed by atoms with E-state index < -0.39 is 0 Å². The molecule has 0 aliphatic carbocycles. The van der Waals surface area contributed by atoms with Gasteiger partial charge < -0.3 is 14.5 Å². The molecule has 1 heterocycles. The number of hydrogen-bond acceptors (Lipinski definition) is 4. The van der Waals surface area contributed by atoms with Crippen molar-refractivity contribution in [3.8, 4) is 0 Å². The summed E-state index contributed by atoms with van der Waals surface area (Å²) in [5.41, 5.74) is 3.62. The van der Waals surface area contributed by atoms with Crippen LogP contribution in [0, 0.1) is 6.92 Å². The molecule has 1 aliphatic rings. The molecule has 1 unspecified atom stereocenters. The van der Waals surface area contributed by atoms with Crippen LogP contribution in [0.15, 0.2) is 53.4 Å². The van der Waals surface area contributed by atoms with Gasteiger partial charge in [0.1, 0.15) is 0 Å². The summed E-state index contributed by atoms with van der Waals surface area (Å²) in [6, 6.07) is 16.7. The Balaban J connectivity index is 1.64. The molecule has 1 aliphatic heterocycles. The van der Waals surface area contributed by atoms with Gasteiger partial charge in [0.2, 0.25) is 5.91 Å². The fourth-order valence-electron chi connectivity index (χ4n) is 3.27. The molecule has 1 atom stereocenters. The zero-order valence-corrected chi connectivity index (χ0v) is 17.2. The van der Waals surface area contributed by atoms with Crippen molar-refractivity contribution in [1.82, 2.24) is 4.90 Å². The van der Waals surface area contributed by atoms with Crippen LogP contribution in [0.2, 0.25) is 0 Å². The molecule has 1 saturated heterocycles. The minimum atomic E-state index is -0.117. The second-order valence-electron chi connectivity index (χ2n) is 7.00. The van der Waals surface area contributed by atoms with Gasteiger partial charge in [0.25, 0.3) is 0 Å². The van der Waals surface area contributed by atoms with Crippen molar-refractivity contribution in [1.29, 1.82) is 0 Å². The summed E-state index contributed by atoms with van der Waals surface area (Å²) in [5, 5.41) is -0.117. The molecule has 0 radical (unpaired) electrons. The van der Waals surface area contributed by atoms with Gasteiger partial charge in [-0.1, -0.05) is 35.9 Å². The van der Waals surface area contributed by atoms with Gasteiger partial charge in [-0.3, -0.25) is 4.79 Å². The maximum atomic E-state index is 12.9. The molecular formula is C22H28N2O2S. The number of anilines is 1. The van der Waals surface area contributed by atoms with E-state index in [0.717, 1.165) is 31.2 Å². The number of para-hydroxylation sites is 1. The molecule has 4 nitrogen and oxygen atoms in total. The van der Waals surface area contributed by atoms with Crippen LogP contribution in [0.25, 0.3) is 0 Å². The molecule has 1 amide bonds. The molecule has 5 heteroatoms. The number of morpholine rings is 1. The first-order chi connectivity index (χ1) is 13.0. The monoisotopic (exact) mass is 384 g/mol. The van der Waals surface area contributed by atoms with Gasteiger partial charge in [-0.25, -0.2) is 0 Å². The Labute approximate surface area is 166 Å². The average Bonchev–Trinajstić information content (AvgIpc) is 2.70. The Bertz CT molecular complexity index is 757. The zero-order chi connectivity index (χ0) is 19.2. The van der Waals surface area contributed by atoms with Gasteiger partial charge in [-0.05, 0) is 37.6 Å². The van der Waals surface area contributed by atoms with Gasteiger partial charge in [0.05, 0.1) is 18.5 Å². The Morgan fingerprint density at radius 1 is 1.15 bits per heavy atom. The number of carbonyl (C=O) groups excluding carboxylic acids is 1. The third-order valence-corrected chi connectivity index (χ3v) is 5.91. The number of nitrogens with zero attached hydrogens (tertiary/aromatic N) is 2. The Hall–Kier alpha value is -1.98. The summed E-state index contributed by atoms with van der Waals surface area (Å²) < 4.78 is 5.47. The van der Waals surface area contributed by atoms with Crippen molar-refractivity contribution in [2.24, 2.45) is 0 Å². The SMILES string of the molecule is Cc1ccc(SC(C)C(=O)N(C)Cc2ccccc2N2CCOCC2)cc1. The van der Waals surface area contributed by atoms with Crippen LogP contribution >= 0.6 is 11.8 Å². The fraction of sp³-hybridized carbons (Fsp3) is 0.409. The molecule has 0 N–H and O–H groups in total. The second kappa shape index (κ2) is 9.29. The van der Waals surface area contributed by atoms with Gasteiger partial charge in [-0.2, -0.15) is 0 Å². The summed E-state index contributed by atoms with van der Waals surface area (Å²) in [4.78, 5) is 18.2. The van der Waals surface area contributed by atoms with Crippen LogP contribution in [0.1, 0.15) is 18.1 Å². The average molecular weight is 385 g/mol. The van der Waals surface area contributed by atoms with Crippen molar-refractivity contribution >= 4 is 23.4 Å². The van der Waals surface area contributed by atoms with E-state index in [1.807, 2.05) is 24.9 Å². The standard InChI is InChI=1S/C22H28N2O2S/c1-17-8-10-20(11-9-17)27-18(2)22(25)23(3)16-19-6-4-5-7-21(19)24-12-14-26-15-13-24/h4-11,18H,12-16H2,1-3H3. The van der Waals surface area contributed by atoms with Crippen molar-refractivity contribution in [3.63, 3.8) is 0 Å². The van der Waals surface area contributed by atoms with Crippen molar-refractivity contribution in [2.45, 2.75) is 30.5 Å². The first-order valence-corrected chi connectivity index (χ1v) is 10.3. The minimum absolute atomic E-state index is 0.117. The molecule has 144 valence electrons. The van der Waals surface area contributed by atoms with Crippen molar-refractivity contribution < 1.29 is 9.53 Å². The maximum absolute atomic E-state index is 12.9. The lowest BCUT2D eigenvalue weighted by Crippen LogP contribution is -2.38. The highest BCUT2D eigenvalue weighted by atomic mass is 32.2. The van der Waals surface area contributed by atoms with Crippen molar-refractivity contribution in [2.75, 3.05) is 38.3 Å². The van der Waals surface area contributed by atoms with Gasteiger partial charge in [-0.15, -0.1) is 11.8 Å². The molecule has 3 rings (SSSR count). The van der Waals surface area contributed by atoms with E-state index in [-0.39, 0.29) is 11.2 Å². The van der Waals surface area contributed by atoms with E-state index in [9.17, 15) is 4.79 Å². The maximum Gasteiger partial charge on any atom is 0.235 e. The van der Waals surface area contributed by atoms with Gasteiger partial charge >= 0.3 is 0 Å². The Morgan fingerprint density at radius 3 is 2.52 bits per heavy atom. The predicted molar refractivity (Wildman–Crippen MR) is 112 cm³/mol. The summed E-state index contributed by atoms with van der Waals surface area (Å²) in [7, 11) is 1.89. The van der Waals surface area contributed by atoms with Gasteiger partial charge in [0, 0.05) is 37.3 Å². The smallest absolute Gasteiger partial charge is 0.235 e. The number of rotatable bonds is 6.